The zero-order chi connectivity index (χ0) is 25.2. The first kappa shape index (κ1) is 26.0. The fraction of sp³-hybridized carbons (Fsp3) is 0.458. The maximum atomic E-state index is 13.5. The summed E-state index contributed by atoms with van der Waals surface area (Å²) in [7, 11) is 4.77. The number of likely N-dealkylation sites (N-methyl/N-ethyl adjacent to an activating group) is 1. The molecule has 1 N–H and O–H groups in total. The first-order valence-corrected chi connectivity index (χ1v) is 11.4. The molecule has 1 amide bonds. The summed E-state index contributed by atoms with van der Waals surface area (Å²) >= 11 is 0. The molecule has 11 heteroatoms. The number of nitrogens with zero attached hydrogens (tertiary/aromatic N) is 5. The van der Waals surface area contributed by atoms with Gasteiger partial charge in [0, 0.05) is 63.4 Å². The van der Waals surface area contributed by atoms with Crippen molar-refractivity contribution >= 4 is 22.9 Å². The fourth-order valence-electron chi connectivity index (χ4n) is 3.45. The molecule has 0 unspecified atom stereocenters. The van der Waals surface area contributed by atoms with E-state index >= 15 is 0 Å². The van der Waals surface area contributed by atoms with Crippen LogP contribution in [-0.4, -0.2) is 79.6 Å². The van der Waals surface area contributed by atoms with Crippen LogP contribution in [0, 0.1) is 0 Å². The number of nitrogens with one attached hydrogen (secondary N) is 1. The van der Waals surface area contributed by atoms with Gasteiger partial charge in [-0.2, -0.15) is 0 Å². The second-order valence-electron chi connectivity index (χ2n) is 7.86. The first-order chi connectivity index (χ1) is 17.0. The van der Waals surface area contributed by atoms with E-state index < -0.39 is 0 Å². The molecule has 0 spiro atoms. The van der Waals surface area contributed by atoms with Gasteiger partial charge in [0.15, 0.2) is 11.5 Å². The minimum atomic E-state index is -0.323. The Bertz CT molecular complexity index is 1180. The van der Waals surface area contributed by atoms with Crippen LogP contribution in [0.25, 0.3) is 22.3 Å². The summed E-state index contributed by atoms with van der Waals surface area (Å²) in [6, 6.07) is 5.50. The Morgan fingerprint density at radius 3 is 2.60 bits per heavy atom. The van der Waals surface area contributed by atoms with Crippen LogP contribution < -0.4 is 20.5 Å². The van der Waals surface area contributed by atoms with Crippen LogP contribution in [0.15, 0.2) is 35.4 Å². The van der Waals surface area contributed by atoms with Gasteiger partial charge in [0.25, 0.3) is 5.56 Å². The number of amides is 1. The van der Waals surface area contributed by atoms with Crippen molar-refractivity contribution in [2.24, 2.45) is 0 Å². The Morgan fingerprint density at radius 1 is 1.11 bits per heavy atom. The summed E-state index contributed by atoms with van der Waals surface area (Å²) in [5, 5.41) is 2.74. The third-order valence-electron chi connectivity index (χ3n) is 5.24. The van der Waals surface area contributed by atoms with Gasteiger partial charge in [0.05, 0.1) is 32.4 Å². The van der Waals surface area contributed by atoms with E-state index in [2.05, 4.69) is 20.3 Å². The molecule has 0 atom stereocenters. The molecule has 35 heavy (non-hydrogen) atoms. The summed E-state index contributed by atoms with van der Waals surface area (Å²) in [5.74, 6) is 0.410. The largest absolute Gasteiger partial charge is 0.481 e. The minimum absolute atomic E-state index is 0.0284. The lowest BCUT2D eigenvalue weighted by molar-refractivity contribution is -0.119. The quantitative estimate of drug-likeness (QED) is 0.360. The van der Waals surface area contributed by atoms with Crippen molar-refractivity contribution in [1.82, 2.24) is 24.8 Å². The van der Waals surface area contributed by atoms with Crippen molar-refractivity contribution in [3.63, 3.8) is 0 Å². The number of carbonyl (C=O) groups excluding carboxylic acids is 1. The lowest BCUT2D eigenvalue weighted by atomic mass is 10.1. The summed E-state index contributed by atoms with van der Waals surface area (Å²) in [6.45, 7) is 4.08. The standard InChI is InChI=1S/C24H32N6O5/c1-5-10-35-12-9-30-19-13-18(17-6-7-21(34-4)26-14-17)15-27-22(19)28-23(24(30)32)29(2)16-20(31)25-8-11-33-3/h6-7,13-15H,5,8-12,16H2,1-4H3,(H,25,31). The molecule has 0 saturated carbocycles. The third kappa shape index (κ3) is 6.74. The van der Waals surface area contributed by atoms with Crippen LogP contribution in [0.1, 0.15) is 13.3 Å². The molecule has 3 rings (SSSR count). The molecule has 0 fully saturated rings. The van der Waals surface area contributed by atoms with Gasteiger partial charge in [-0.15, -0.1) is 0 Å². The SMILES string of the molecule is CCCOCCn1c(=O)c(N(C)CC(=O)NCCOC)nc2ncc(-c3ccc(OC)nc3)cc21. The molecule has 0 aliphatic heterocycles. The molecule has 3 aromatic heterocycles. The van der Waals surface area contributed by atoms with Gasteiger partial charge in [-0.25, -0.2) is 15.0 Å². The number of methoxy groups -OCH3 is 2. The van der Waals surface area contributed by atoms with Crippen molar-refractivity contribution in [3.05, 3.63) is 40.9 Å². The first-order valence-electron chi connectivity index (χ1n) is 11.4. The number of fused-ring (bicyclic) bond motifs is 1. The van der Waals surface area contributed by atoms with Gasteiger partial charge in [0.2, 0.25) is 11.8 Å². The molecule has 0 radical (unpaired) electrons. The lowest BCUT2D eigenvalue weighted by Gasteiger charge is -2.20. The second-order valence-corrected chi connectivity index (χ2v) is 7.86. The Morgan fingerprint density at radius 2 is 1.91 bits per heavy atom. The molecule has 3 heterocycles. The van der Waals surface area contributed by atoms with E-state index in [-0.39, 0.29) is 23.8 Å². The average molecular weight is 485 g/mol. The van der Waals surface area contributed by atoms with E-state index in [4.69, 9.17) is 14.2 Å². The number of carbonyl (C=O) groups is 1. The molecule has 11 nitrogen and oxygen atoms in total. The van der Waals surface area contributed by atoms with E-state index in [1.807, 2.05) is 19.1 Å². The van der Waals surface area contributed by atoms with Gasteiger partial charge in [0.1, 0.15) is 0 Å². The Balaban J connectivity index is 1.97. The van der Waals surface area contributed by atoms with Crippen LogP contribution in [0.2, 0.25) is 0 Å². The van der Waals surface area contributed by atoms with Gasteiger partial charge in [-0.1, -0.05) is 6.92 Å². The van der Waals surface area contributed by atoms with Gasteiger partial charge >= 0.3 is 0 Å². The van der Waals surface area contributed by atoms with E-state index in [1.54, 1.807) is 44.3 Å². The number of hydrogen-bond donors (Lipinski definition) is 1. The Kier molecular flexibility index (Phi) is 9.50. The van der Waals surface area contributed by atoms with Gasteiger partial charge in [-0.3, -0.25) is 14.2 Å². The van der Waals surface area contributed by atoms with Gasteiger partial charge in [-0.05, 0) is 18.6 Å². The van der Waals surface area contributed by atoms with Crippen molar-refractivity contribution in [1.29, 1.82) is 0 Å². The number of pyridine rings is 2. The maximum Gasteiger partial charge on any atom is 0.294 e. The predicted octanol–water partition coefficient (Wildman–Crippen LogP) is 1.49. The maximum absolute atomic E-state index is 13.5. The van der Waals surface area contributed by atoms with E-state index in [0.717, 1.165) is 17.5 Å². The van der Waals surface area contributed by atoms with E-state index in [9.17, 15) is 9.59 Å². The van der Waals surface area contributed by atoms with Crippen LogP contribution in [-0.2, 0) is 20.8 Å². The molecular formula is C24H32N6O5. The predicted molar refractivity (Wildman–Crippen MR) is 133 cm³/mol. The molecule has 188 valence electrons. The molecule has 3 aromatic rings. The number of aromatic nitrogens is 4. The lowest BCUT2D eigenvalue weighted by Crippen LogP contribution is -2.40. The van der Waals surface area contributed by atoms with Crippen molar-refractivity contribution in [3.8, 4) is 17.0 Å². The highest BCUT2D eigenvalue weighted by Crippen LogP contribution is 2.23. The summed E-state index contributed by atoms with van der Waals surface area (Å²) in [4.78, 5) is 40.5. The zero-order valence-corrected chi connectivity index (χ0v) is 20.6. The average Bonchev–Trinajstić information content (AvgIpc) is 2.87. The smallest absolute Gasteiger partial charge is 0.294 e. The number of anilines is 1. The van der Waals surface area contributed by atoms with E-state index in [1.165, 1.54) is 4.90 Å². The highest BCUT2D eigenvalue weighted by atomic mass is 16.5. The number of ether oxygens (including phenoxy) is 3. The van der Waals surface area contributed by atoms with Crippen LogP contribution in [0.5, 0.6) is 5.88 Å². The molecule has 0 aliphatic carbocycles. The zero-order valence-electron chi connectivity index (χ0n) is 20.6. The summed E-state index contributed by atoms with van der Waals surface area (Å²) in [5.41, 5.74) is 2.26. The molecule has 0 aromatic carbocycles. The number of hydrogen-bond acceptors (Lipinski definition) is 9. The molecular weight excluding hydrogens is 452 g/mol. The monoisotopic (exact) mass is 484 g/mol. The highest BCUT2D eigenvalue weighted by molar-refractivity contribution is 5.82. The normalized spacial score (nSPS) is 11.0. The van der Waals surface area contributed by atoms with Crippen molar-refractivity contribution in [2.75, 3.05) is 59.1 Å². The highest BCUT2D eigenvalue weighted by Gasteiger charge is 2.18. The third-order valence-corrected chi connectivity index (χ3v) is 5.24. The van der Waals surface area contributed by atoms with Crippen molar-refractivity contribution < 1.29 is 19.0 Å². The van der Waals surface area contributed by atoms with E-state index in [0.29, 0.717) is 50.0 Å². The van der Waals surface area contributed by atoms with Gasteiger partial charge < -0.3 is 24.4 Å². The van der Waals surface area contributed by atoms with Crippen LogP contribution in [0.3, 0.4) is 0 Å². The second kappa shape index (κ2) is 12.8. The fourth-order valence-corrected chi connectivity index (χ4v) is 3.45. The van der Waals surface area contributed by atoms with Crippen molar-refractivity contribution in [2.45, 2.75) is 19.9 Å². The van der Waals surface area contributed by atoms with Crippen LogP contribution in [0.4, 0.5) is 5.82 Å². The molecule has 0 saturated heterocycles. The molecule has 0 bridgehead atoms. The number of rotatable bonds is 13. The molecule has 0 aliphatic rings. The topological polar surface area (TPSA) is 121 Å². The minimum Gasteiger partial charge on any atom is -0.481 e. The summed E-state index contributed by atoms with van der Waals surface area (Å²) in [6.07, 6.45) is 4.25. The Labute approximate surface area is 204 Å². The van der Waals surface area contributed by atoms with Crippen LogP contribution >= 0.6 is 0 Å². The summed E-state index contributed by atoms with van der Waals surface area (Å²) < 4.78 is 17.3. The Hall–Kier alpha value is -3.57.